The number of nitrogens with one attached hydrogen (secondary N) is 1. The maximum absolute atomic E-state index is 8.75. The summed E-state index contributed by atoms with van der Waals surface area (Å²) in [4.78, 5) is 0. The van der Waals surface area contributed by atoms with Crippen LogP contribution in [0, 0.1) is 0 Å². The lowest BCUT2D eigenvalue weighted by molar-refractivity contribution is 0.113. The lowest BCUT2D eigenvalue weighted by Gasteiger charge is -2.14. The van der Waals surface area contributed by atoms with Crippen molar-refractivity contribution in [2.24, 2.45) is 0 Å². The highest BCUT2D eigenvalue weighted by molar-refractivity contribution is 4.93. The standard InChI is InChI=1S/C10H18N4O2/c1-8-10(2-5-16-8)11-6-9-7-14(3-4-15)13-12-9/h7-8,10-11,15H,2-6H2,1H3. The van der Waals surface area contributed by atoms with Crippen LogP contribution in [0.25, 0.3) is 0 Å². The van der Waals surface area contributed by atoms with Crippen molar-refractivity contribution in [2.45, 2.75) is 38.6 Å². The largest absolute Gasteiger partial charge is 0.394 e. The topological polar surface area (TPSA) is 72.2 Å². The molecule has 0 spiro atoms. The van der Waals surface area contributed by atoms with Gasteiger partial charge in [-0.25, -0.2) is 4.68 Å². The Morgan fingerprint density at radius 3 is 3.25 bits per heavy atom. The van der Waals surface area contributed by atoms with Crippen molar-refractivity contribution >= 4 is 0 Å². The lowest BCUT2D eigenvalue weighted by atomic mass is 10.1. The van der Waals surface area contributed by atoms with Crippen LogP contribution in [0.5, 0.6) is 0 Å². The molecule has 2 atom stereocenters. The molecule has 1 aliphatic rings. The number of aliphatic hydroxyl groups excluding tert-OH is 1. The monoisotopic (exact) mass is 226 g/mol. The van der Waals surface area contributed by atoms with Crippen molar-refractivity contribution in [3.8, 4) is 0 Å². The lowest BCUT2D eigenvalue weighted by Crippen LogP contribution is -2.34. The molecule has 1 saturated heterocycles. The molecule has 0 amide bonds. The zero-order valence-corrected chi connectivity index (χ0v) is 9.46. The minimum absolute atomic E-state index is 0.0870. The van der Waals surface area contributed by atoms with E-state index in [2.05, 4.69) is 22.6 Å². The second-order valence-electron chi connectivity index (χ2n) is 4.05. The number of aromatic nitrogens is 3. The van der Waals surface area contributed by atoms with Gasteiger partial charge in [-0.2, -0.15) is 0 Å². The predicted molar refractivity (Wildman–Crippen MR) is 57.8 cm³/mol. The van der Waals surface area contributed by atoms with E-state index in [4.69, 9.17) is 9.84 Å². The SMILES string of the molecule is CC1OCCC1NCc1cn(CCO)nn1. The van der Waals surface area contributed by atoms with Gasteiger partial charge in [-0.15, -0.1) is 5.10 Å². The van der Waals surface area contributed by atoms with Crippen LogP contribution in [-0.2, 0) is 17.8 Å². The van der Waals surface area contributed by atoms with Crippen LogP contribution >= 0.6 is 0 Å². The Labute approximate surface area is 94.6 Å². The summed E-state index contributed by atoms with van der Waals surface area (Å²) in [5.41, 5.74) is 0.896. The molecule has 1 fully saturated rings. The van der Waals surface area contributed by atoms with Crippen molar-refractivity contribution in [1.82, 2.24) is 20.3 Å². The minimum atomic E-state index is 0.0870. The summed E-state index contributed by atoms with van der Waals surface area (Å²) in [7, 11) is 0. The Bertz CT molecular complexity index is 328. The van der Waals surface area contributed by atoms with Gasteiger partial charge in [0.2, 0.25) is 0 Å². The zero-order valence-electron chi connectivity index (χ0n) is 9.46. The third kappa shape index (κ3) is 2.78. The number of hydrogen-bond acceptors (Lipinski definition) is 5. The van der Waals surface area contributed by atoms with Crippen LogP contribution in [0.4, 0.5) is 0 Å². The fourth-order valence-electron chi connectivity index (χ4n) is 1.87. The molecule has 0 aliphatic carbocycles. The first-order valence-electron chi connectivity index (χ1n) is 5.64. The summed E-state index contributed by atoms with van der Waals surface area (Å²) in [5.74, 6) is 0. The van der Waals surface area contributed by atoms with Crippen LogP contribution in [0.1, 0.15) is 19.0 Å². The predicted octanol–water partition coefficient (Wildman–Crippen LogP) is -0.463. The van der Waals surface area contributed by atoms with Crippen molar-refractivity contribution < 1.29 is 9.84 Å². The molecule has 2 rings (SSSR count). The summed E-state index contributed by atoms with van der Waals surface area (Å²) >= 11 is 0. The number of rotatable bonds is 5. The van der Waals surface area contributed by atoms with Crippen LogP contribution in [0.3, 0.4) is 0 Å². The average Bonchev–Trinajstić information content (AvgIpc) is 2.86. The van der Waals surface area contributed by atoms with E-state index in [1.807, 2.05) is 6.20 Å². The Morgan fingerprint density at radius 2 is 2.56 bits per heavy atom. The van der Waals surface area contributed by atoms with Gasteiger partial charge in [0.15, 0.2) is 0 Å². The van der Waals surface area contributed by atoms with E-state index >= 15 is 0 Å². The highest BCUT2D eigenvalue weighted by Crippen LogP contribution is 2.12. The molecule has 0 aromatic carbocycles. The zero-order chi connectivity index (χ0) is 11.4. The van der Waals surface area contributed by atoms with E-state index in [-0.39, 0.29) is 12.7 Å². The Morgan fingerprint density at radius 1 is 1.69 bits per heavy atom. The summed E-state index contributed by atoms with van der Waals surface area (Å²) in [6, 6.07) is 0.406. The minimum Gasteiger partial charge on any atom is -0.394 e. The van der Waals surface area contributed by atoms with Gasteiger partial charge >= 0.3 is 0 Å². The highest BCUT2D eigenvalue weighted by Gasteiger charge is 2.23. The second-order valence-corrected chi connectivity index (χ2v) is 4.05. The van der Waals surface area contributed by atoms with Gasteiger partial charge in [-0.3, -0.25) is 0 Å². The first-order chi connectivity index (χ1) is 7.79. The number of nitrogens with zero attached hydrogens (tertiary/aromatic N) is 3. The normalized spacial score (nSPS) is 25.1. The van der Waals surface area contributed by atoms with E-state index < -0.39 is 0 Å². The second kappa shape index (κ2) is 5.38. The van der Waals surface area contributed by atoms with Gasteiger partial charge in [-0.05, 0) is 13.3 Å². The smallest absolute Gasteiger partial charge is 0.0964 e. The molecule has 0 saturated carbocycles. The highest BCUT2D eigenvalue weighted by atomic mass is 16.5. The van der Waals surface area contributed by atoms with Crippen molar-refractivity contribution in [3.05, 3.63) is 11.9 Å². The maximum atomic E-state index is 8.75. The van der Waals surface area contributed by atoms with E-state index in [0.29, 0.717) is 19.1 Å². The molecular weight excluding hydrogens is 208 g/mol. The van der Waals surface area contributed by atoms with Gasteiger partial charge in [0.25, 0.3) is 0 Å². The van der Waals surface area contributed by atoms with E-state index in [0.717, 1.165) is 18.7 Å². The Balaban J connectivity index is 1.80. The molecule has 1 aromatic rings. The average molecular weight is 226 g/mol. The quantitative estimate of drug-likeness (QED) is 0.710. The fourth-order valence-corrected chi connectivity index (χ4v) is 1.87. The Kier molecular flexibility index (Phi) is 3.87. The maximum Gasteiger partial charge on any atom is 0.0964 e. The van der Waals surface area contributed by atoms with Crippen LogP contribution in [-0.4, -0.2) is 45.5 Å². The molecule has 1 aromatic heterocycles. The molecule has 0 bridgehead atoms. The summed E-state index contributed by atoms with van der Waals surface area (Å²) < 4.78 is 7.11. The molecule has 2 unspecified atom stereocenters. The van der Waals surface area contributed by atoms with Gasteiger partial charge in [0.1, 0.15) is 0 Å². The molecule has 90 valence electrons. The van der Waals surface area contributed by atoms with E-state index in [1.54, 1.807) is 4.68 Å². The molecule has 0 radical (unpaired) electrons. The fraction of sp³-hybridized carbons (Fsp3) is 0.800. The van der Waals surface area contributed by atoms with E-state index in [9.17, 15) is 0 Å². The molecule has 1 aliphatic heterocycles. The van der Waals surface area contributed by atoms with Gasteiger partial charge < -0.3 is 15.2 Å². The van der Waals surface area contributed by atoms with Crippen LogP contribution < -0.4 is 5.32 Å². The third-order valence-corrected chi connectivity index (χ3v) is 2.84. The van der Waals surface area contributed by atoms with Crippen LogP contribution in [0.15, 0.2) is 6.20 Å². The molecule has 6 nitrogen and oxygen atoms in total. The number of ether oxygens (including phenoxy) is 1. The van der Waals surface area contributed by atoms with Crippen molar-refractivity contribution in [1.29, 1.82) is 0 Å². The molecule has 2 N–H and O–H groups in total. The summed E-state index contributed by atoms with van der Waals surface area (Å²) in [5, 5.41) is 20.1. The number of aliphatic hydroxyl groups is 1. The van der Waals surface area contributed by atoms with Gasteiger partial charge in [0.05, 0.1) is 24.9 Å². The van der Waals surface area contributed by atoms with E-state index in [1.165, 1.54) is 0 Å². The third-order valence-electron chi connectivity index (χ3n) is 2.84. The summed E-state index contributed by atoms with van der Waals surface area (Å²) in [6.45, 7) is 4.19. The first kappa shape index (κ1) is 11.5. The van der Waals surface area contributed by atoms with Crippen molar-refractivity contribution in [2.75, 3.05) is 13.2 Å². The summed E-state index contributed by atoms with van der Waals surface area (Å²) in [6.07, 6.45) is 3.17. The molecule has 6 heteroatoms. The molecular formula is C10H18N4O2. The number of hydrogen-bond donors (Lipinski definition) is 2. The van der Waals surface area contributed by atoms with Crippen molar-refractivity contribution in [3.63, 3.8) is 0 Å². The van der Waals surface area contributed by atoms with Gasteiger partial charge in [-0.1, -0.05) is 5.21 Å². The van der Waals surface area contributed by atoms with Gasteiger partial charge in [0, 0.05) is 25.4 Å². The Hall–Kier alpha value is -0.980. The first-order valence-corrected chi connectivity index (χ1v) is 5.64. The molecule has 16 heavy (non-hydrogen) atoms. The van der Waals surface area contributed by atoms with Crippen LogP contribution in [0.2, 0.25) is 0 Å². The molecule has 2 heterocycles.